The second-order valence-corrected chi connectivity index (χ2v) is 8.64. The minimum absolute atomic E-state index is 0.143. The molecule has 2 aromatic carbocycles. The van der Waals surface area contributed by atoms with Crippen LogP contribution in [-0.2, 0) is 14.3 Å². The van der Waals surface area contributed by atoms with E-state index in [-0.39, 0.29) is 18.3 Å². The van der Waals surface area contributed by atoms with Crippen molar-refractivity contribution in [2.24, 2.45) is 5.10 Å². The summed E-state index contributed by atoms with van der Waals surface area (Å²) in [6.45, 7) is 2.89. The maximum Gasteiger partial charge on any atom is 0.257 e. The van der Waals surface area contributed by atoms with E-state index in [0.29, 0.717) is 38.3 Å². The number of halogens is 1. The van der Waals surface area contributed by atoms with Gasteiger partial charge in [0.25, 0.3) is 5.91 Å². The second-order valence-electron chi connectivity index (χ2n) is 8.64. The van der Waals surface area contributed by atoms with Crippen LogP contribution in [0.25, 0.3) is 0 Å². The van der Waals surface area contributed by atoms with Crippen molar-refractivity contribution < 1.29 is 23.4 Å². The number of amides is 1. The zero-order valence-corrected chi connectivity index (χ0v) is 18.7. The van der Waals surface area contributed by atoms with Gasteiger partial charge in [-0.05, 0) is 35.9 Å². The lowest BCUT2D eigenvalue weighted by Gasteiger charge is -2.37. The average Bonchev–Trinajstić information content (AvgIpc) is 3.49. The molecular weight excluding hydrogens is 425 g/mol. The van der Waals surface area contributed by atoms with Gasteiger partial charge in [0.15, 0.2) is 5.79 Å². The molecule has 2 saturated heterocycles. The average molecular weight is 454 g/mol. The molecule has 3 aliphatic rings. The number of likely N-dealkylation sites (tertiary alicyclic amines) is 1. The Kier molecular flexibility index (Phi) is 6.14. The van der Waals surface area contributed by atoms with Gasteiger partial charge in [0, 0.05) is 37.9 Å². The summed E-state index contributed by atoms with van der Waals surface area (Å²) in [6.07, 6.45) is 1.92. The summed E-state index contributed by atoms with van der Waals surface area (Å²) in [4.78, 5) is 15.5. The number of methoxy groups -OCH3 is 1. The van der Waals surface area contributed by atoms with Gasteiger partial charge in [-0.25, -0.2) is 9.40 Å². The molecule has 174 valence electrons. The second kappa shape index (κ2) is 9.21. The van der Waals surface area contributed by atoms with Gasteiger partial charge in [0.05, 0.1) is 38.6 Å². The zero-order chi connectivity index (χ0) is 22.8. The Morgan fingerprint density at radius 2 is 1.82 bits per heavy atom. The quantitative estimate of drug-likeness (QED) is 0.695. The Bertz CT molecular complexity index is 1030. The number of nitrogens with zero attached hydrogens (tertiary/aromatic N) is 3. The van der Waals surface area contributed by atoms with Crippen LogP contribution in [0.4, 0.5) is 4.39 Å². The molecule has 3 heterocycles. The van der Waals surface area contributed by atoms with Crippen molar-refractivity contribution >= 4 is 11.6 Å². The maximum absolute atomic E-state index is 14.7. The highest BCUT2D eigenvalue weighted by Crippen LogP contribution is 2.35. The zero-order valence-electron chi connectivity index (χ0n) is 18.7. The van der Waals surface area contributed by atoms with Gasteiger partial charge in [-0.3, -0.25) is 9.69 Å². The highest BCUT2D eigenvalue weighted by Gasteiger charge is 2.41. The molecule has 5 rings (SSSR count). The van der Waals surface area contributed by atoms with Crippen molar-refractivity contribution in [1.82, 2.24) is 9.91 Å². The van der Waals surface area contributed by atoms with Crippen LogP contribution >= 0.6 is 0 Å². The Morgan fingerprint density at radius 3 is 2.48 bits per heavy atom. The van der Waals surface area contributed by atoms with E-state index in [1.807, 2.05) is 24.3 Å². The lowest BCUT2D eigenvalue weighted by Crippen LogP contribution is -2.48. The Morgan fingerprint density at radius 1 is 1.12 bits per heavy atom. The molecule has 1 spiro atoms. The Hall–Kier alpha value is -2.81. The lowest BCUT2D eigenvalue weighted by atomic mass is 9.98. The van der Waals surface area contributed by atoms with Crippen LogP contribution in [-0.4, -0.2) is 67.3 Å². The van der Waals surface area contributed by atoms with Gasteiger partial charge in [0.2, 0.25) is 0 Å². The van der Waals surface area contributed by atoms with Crippen molar-refractivity contribution in [1.29, 1.82) is 0 Å². The van der Waals surface area contributed by atoms with Crippen LogP contribution in [0.1, 0.15) is 36.4 Å². The molecule has 1 atom stereocenters. The van der Waals surface area contributed by atoms with Crippen molar-refractivity contribution in [2.75, 3.05) is 40.0 Å². The molecule has 0 aromatic heterocycles. The first-order valence-corrected chi connectivity index (χ1v) is 11.4. The largest absolute Gasteiger partial charge is 0.497 e. The number of ether oxygens (including phenoxy) is 3. The number of hydrogen-bond acceptors (Lipinski definition) is 6. The predicted molar refractivity (Wildman–Crippen MR) is 120 cm³/mol. The van der Waals surface area contributed by atoms with Crippen molar-refractivity contribution in [2.45, 2.75) is 31.1 Å². The molecule has 0 aliphatic carbocycles. The third-order valence-corrected chi connectivity index (χ3v) is 6.64. The molecule has 2 aromatic rings. The van der Waals surface area contributed by atoms with Crippen molar-refractivity contribution in [3.8, 4) is 5.75 Å². The molecular formula is C25H28FN3O4. The van der Waals surface area contributed by atoms with E-state index in [0.717, 1.165) is 29.9 Å². The first-order valence-electron chi connectivity index (χ1n) is 11.4. The Labute approximate surface area is 192 Å². The minimum Gasteiger partial charge on any atom is -0.497 e. The number of carbonyl (C=O) groups excluding carboxylic acids is 1. The predicted octanol–water partition coefficient (Wildman–Crippen LogP) is 3.35. The number of piperidine rings is 1. The summed E-state index contributed by atoms with van der Waals surface area (Å²) < 4.78 is 31.5. The monoisotopic (exact) mass is 453 g/mol. The number of rotatable bonds is 5. The fraction of sp³-hybridized carbons (Fsp3) is 0.440. The fourth-order valence-corrected chi connectivity index (χ4v) is 4.79. The minimum atomic E-state index is -0.484. The number of hydrogen-bond donors (Lipinski definition) is 0. The van der Waals surface area contributed by atoms with E-state index in [9.17, 15) is 9.18 Å². The smallest absolute Gasteiger partial charge is 0.257 e. The fourth-order valence-electron chi connectivity index (χ4n) is 4.79. The summed E-state index contributed by atoms with van der Waals surface area (Å²) in [5.41, 5.74) is 2.12. The van der Waals surface area contributed by atoms with E-state index in [1.54, 1.807) is 25.3 Å². The van der Waals surface area contributed by atoms with E-state index < -0.39 is 11.8 Å². The molecule has 3 aliphatic heterocycles. The third kappa shape index (κ3) is 4.51. The highest BCUT2D eigenvalue weighted by molar-refractivity contribution is 6.03. The summed E-state index contributed by atoms with van der Waals surface area (Å²) in [5, 5.41) is 6.13. The summed E-state index contributed by atoms with van der Waals surface area (Å²) in [5.74, 6) is -0.213. The van der Waals surface area contributed by atoms with E-state index in [2.05, 4.69) is 10.0 Å². The molecule has 7 nitrogen and oxygen atoms in total. The molecule has 0 bridgehead atoms. The standard InChI is InChI=1S/C25H28FN3O4/c1-31-19-8-6-18(7-9-19)22-16-23(20-4-2-3-5-21(20)26)29(27-22)24(30)17-28-12-10-25(11-13-28)32-14-15-33-25/h2-9,23H,10-17H2,1H3. The van der Waals surface area contributed by atoms with Gasteiger partial charge in [-0.2, -0.15) is 5.10 Å². The first-order chi connectivity index (χ1) is 16.1. The molecule has 2 fully saturated rings. The van der Waals surface area contributed by atoms with Crippen molar-refractivity contribution in [3.05, 3.63) is 65.5 Å². The first kappa shape index (κ1) is 22.0. The third-order valence-electron chi connectivity index (χ3n) is 6.64. The topological polar surface area (TPSA) is 63.6 Å². The molecule has 0 N–H and O–H groups in total. The lowest BCUT2D eigenvalue weighted by molar-refractivity contribution is -0.186. The number of carbonyl (C=O) groups is 1. The van der Waals surface area contributed by atoms with E-state index in [1.165, 1.54) is 11.1 Å². The Balaban J connectivity index is 1.34. The van der Waals surface area contributed by atoms with E-state index >= 15 is 0 Å². The SMILES string of the molecule is COc1ccc(C2=NN(C(=O)CN3CCC4(CC3)OCCO4)C(c3ccccc3F)C2)cc1. The summed E-state index contributed by atoms with van der Waals surface area (Å²) in [6, 6.07) is 13.7. The molecule has 8 heteroatoms. The van der Waals surface area contributed by atoms with Crippen molar-refractivity contribution in [3.63, 3.8) is 0 Å². The van der Waals surface area contributed by atoms with Crippen LogP contribution in [0, 0.1) is 5.82 Å². The maximum atomic E-state index is 14.7. The number of hydrazone groups is 1. The van der Waals surface area contributed by atoms with Crippen LogP contribution in [0.3, 0.4) is 0 Å². The van der Waals surface area contributed by atoms with Crippen LogP contribution < -0.4 is 4.74 Å². The normalized spacial score (nSPS) is 22.5. The molecule has 0 saturated carbocycles. The summed E-state index contributed by atoms with van der Waals surface area (Å²) in [7, 11) is 1.62. The van der Waals surface area contributed by atoms with Gasteiger partial charge >= 0.3 is 0 Å². The van der Waals surface area contributed by atoms with Crippen LogP contribution in [0.5, 0.6) is 5.75 Å². The van der Waals surface area contributed by atoms with Gasteiger partial charge in [-0.1, -0.05) is 18.2 Å². The van der Waals surface area contributed by atoms with Crippen LogP contribution in [0.15, 0.2) is 53.6 Å². The number of benzene rings is 2. The highest BCUT2D eigenvalue weighted by atomic mass is 19.1. The molecule has 1 unspecified atom stereocenters. The molecule has 0 radical (unpaired) electrons. The summed E-state index contributed by atoms with van der Waals surface area (Å²) >= 11 is 0. The molecule has 33 heavy (non-hydrogen) atoms. The van der Waals surface area contributed by atoms with Crippen LogP contribution in [0.2, 0.25) is 0 Å². The van der Waals surface area contributed by atoms with Gasteiger partial charge in [-0.15, -0.1) is 0 Å². The molecule has 1 amide bonds. The van der Waals surface area contributed by atoms with E-state index in [4.69, 9.17) is 14.2 Å². The van der Waals surface area contributed by atoms with Gasteiger partial charge in [0.1, 0.15) is 11.6 Å². The van der Waals surface area contributed by atoms with Gasteiger partial charge < -0.3 is 14.2 Å².